The minimum Gasteiger partial charge on any atom is -0.481 e. The van der Waals surface area contributed by atoms with Crippen LogP contribution in [0.4, 0.5) is 11.4 Å². The third-order valence-corrected chi connectivity index (χ3v) is 13.9. The molecule has 4 atom stereocenters. The number of unbranched alkanes of at least 4 members (excludes halogenated alkanes) is 3. The molecule has 5 heterocycles. The van der Waals surface area contributed by atoms with E-state index in [0.29, 0.717) is 19.3 Å². The number of carbonyl (C=O) groups is 1. The number of hydrogen-bond donors (Lipinski definition) is 2. The molecule has 0 aromatic heterocycles. The molecule has 4 aromatic rings. The molecular weight excluding hydrogens is 697 g/mol. The molecule has 5 aliphatic rings. The second kappa shape index (κ2) is 13.2. The van der Waals surface area contributed by atoms with E-state index >= 15 is 0 Å². The van der Waals surface area contributed by atoms with Crippen LogP contribution < -0.4 is 4.90 Å². The van der Waals surface area contributed by atoms with Crippen molar-refractivity contribution in [1.82, 2.24) is 0 Å². The van der Waals surface area contributed by atoms with Crippen LogP contribution in [0.25, 0.3) is 21.5 Å². The average molecular weight is 746 g/mol. The molecule has 4 unspecified atom stereocenters. The number of aliphatic carboxylic acids is 1. The Morgan fingerprint density at radius 2 is 1.52 bits per heavy atom. The lowest BCUT2D eigenvalue weighted by molar-refractivity contribution is -0.445. The van der Waals surface area contributed by atoms with Crippen LogP contribution in [0.15, 0.2) is 95.7 Å². The zero-order valence-electron chi connectivity index (χ0n) is 31.2. The highest BCUT2D eigenvalue weighted by Gasteiger charge is 2.57. The summed E-state index contributed by atoms with van der Waals surface area (Å²) in [5.74, 6) is -0.978. The van der Waals surface area contributed by atoms with Crippen LogP contribution in [0.5, 0.6) is 0 Å². The van der Waals surface area contributed by atoms with Crippen LogP contribution in [-0.2, 0) is 30.5 Å². The van der Waals surface area contributed by atoms with Gasteiger partial charge in [-0.15, -0.1) is 0 Å². The number of allylic oxidation sites excluding steroid dienone is 1. The molecule has 0 saturated carbocycles. The number of rotatable bonds is 11. The Bertz CT molecular complexity index is 2430. The van der Waals surface area contributed by atoms with Crippen LogP contribution in [0.2, 0.25) is 0 Å². The van der Waals surface area contributed by atoms with Crippen molar-refractivity contribution in [3.05, 3.63) is 107 Å². The molecule has 4 aromatic carbocycles. The minimum absolute atomic E-state index is 0.0188. The summed E-state index contributed by atoms with van der Waals surface area (Å²) in [5.41, 5.74) is 9.50. The van der Waals surface area contributed by atoms with Gasteiger partial charge in [0, 0.05) is 59.0 Å². The van der Waals surface area contributed by atoms with Gasteiger partial charge >= 0.3 is 5.97 Å². The van der Waals surface area contributed by atoms with Crippen molar-refractivity contribution in [2.75, 3.05) is 23.7 Å². The number of anilines is 1. The lowest BCUT2D eigenvalue weighted by Crippen LogP contribution is -2.48. The first-order valence-corrected chi connectivity index (χ1v) is 21.3. The van der Waals surface area contributed by atoms with Gasteiger partial charge in [-0.05, 0) is 91.3 Å². The van der Waals surface area contributed by atoms with Gasteiger partial charge in [-0.3, -0.25) is 9.35 Å². The van der Waals surface area contributed by atoms with Crippen molar-refractivity contribution < 1.29 is 32.2 Å². The number of ether oxygens (including phenoxy) is 1. The van der Waals surface area contributed by atoms with Crippen LogP contribution in [0, 0.1) is 0 Å². The zero-order valence-corrected chi connectivity index (χ0v) is 32.0. The Balaban J connectivity index is 1.20. The molecule has 54 heavy (non-hydrogen) atoms. The van der Waals surface area contributed by atoms with Gasteiger partial charge in [-0.1, -0.05) is 73.9 Å². The van der Waals surface area contributed by atoms with E-state index in [2.05, 4.69) is 102 Å². The molecule has 0 spiro atoms. The Kier molecular flexibility index (Phi) is 8.63. The van der Waals surface area contributed by atoms with Crippen molar-refractivity contribution in [1.29, 1.82) is 0 Å². The number of carboxylic acids is 1. The molecule has 0 saturated heterocycles. The van der Waals surface area contributed by atoms with Crippen molar-refractivity contribution in [2.24, 2.45) is 0 Å². The maximum absolute atomic E-state index is 11.7. The fourth-order valence-corrected chi connectivity index (χ4v) is 11.4. The first-order valence-electron chi connectivity index (χ1n) is 19.7. The highest BCUT2D eigenvalue weighted by molar-refractivity contribution is 7.85. The third kappa shape index (κ3) is 5.65. The third-order valence-electron chi connectivity index (χ3n) is 13.1. The predicted octanol–water partition coefficient (Wildman–Crippen LogP) is 8.98. The molecule has 0 bridgehead atoms. The monoisotopic (exact) mass is 745 g/mol. The van der Waals surface area contributed by atoms with Gasteiger partial charge in [-0.2, -0.15) is 13.0 Å². The summed E-state index contributed by atoms with van der Waals surface area (Å²) in [6.45, 7) is 6.46. The summed E-state index contributed by atoms with van der Waals surface area (Å²) in [5, 5.41) is 14.2. The first kappa shape index (κ1) is 35.4. The van der Waals surface area contributed by atoms with Crippen molar-refractivity contribution in [3.63, 3.8) is 0 Å². The van der Waals surface area contributed by atoms with Gasteiger partial charge in [0.05, 0.1) is 23.4 Å². The van der Waals surface area contributed by atoms with Crippen molar-refractivity contribution >= 4 is 54.7 Å². The Labute approximate surface area is 317 Å². The summed E-state index contributed by atoms with van der Waals surface area (Å²) in [6, 6.07) is 26.3. The average Bonchev–Trinajstić information content (AvgIpc) is 3.58. The minimum atomic E-state index is -4.05. The molecule has 0 fully saturated rings. The van der Waals surface area contributed by atoms with E-state index in [1.165, 1.54) is 66.6 Å². The molecule has 5 aliphatic heterocycles. The number of benzene rings is 4. The molecule has 0 radical (unpaired) electrons. The second-order valence-electron chi connectivity index (χ2n) is 16.5. The molecule has 0 amide bonds. The molecule has 9 rings (SSSR count). The van der Waals surface area contributed by atoms with Crippen LogP contribution >= 0.6 is 0 Å². The number of carboxylic acid groups (broad SMARTS) is 1. The van der Waals surface area contributed by atoms with Gasteiger partial charge in [0.15, 0.2) is 12.3 Å². The molecule has 2 N–H and O–H groups in total. The Hall–Kier alpha value is -4.31. The second-order valence-corrected chi connectivity index (χ2v) is 18.0. The SMILES string of the molecule is CC1(CCCCS(=O)(=O)O)C2=C3C=C4C5=[N+](CCC4OC3CCN2c2ccc3ccccc3c21)c1ccc2ccccc2c1C5(C)CCCCCC(=O)O. The maximum Gasteiger partial charge on any atom is 0.303 e. The van der Waals surface area contributed by atoms with E-state index < -0.39 is 21.5 Å². The molecule has 8 nitrogen and oxygen atoms in total. The lowest BCUT2D eigenvalue weighted by Gasteiger charge is -2.43. The summed E-state index contributed by atoms with van der Waals surface area (Å²) in [6.07, 6.45) is 9.58. The van der Waals surface area contributed by atoms with E-state index in [1.54, 1.807) is 0 Å². The number of nitrogens with zero attached hydrogens (tertiary/aromatic N) is 2. The summed E-state index contributed by atoms with van der Waals surface area (Å²) in [7, 11) is -4.05. The number of hydrogen-bond acceptors (Lipinski definition) is 5. The highest BCUT2D eigenvalue weighted by Crippen LogP contribution is 2.58. The van der Waals surface area contributed by atoms with E-state index in [4.69, 9.17) is 4.74 Å². The van der Waals surface area contributed by atoms with Crippen LogP contribution in [-0.4, -0.2) is 65.4 Å². The summed E-state index contributed by atoms with van der Waals surface area (Å²) >= 11 is 0. The maximum atomic E-state index is 11.7. The lowest BCUT2D eigenvalue weighted by atomic mass is 9.69. The van der Waals surface area contributed by atoms with Gasteiger partial charge in [0.1, 0.15) is 0 Å². The van der Waals surface area contributed by atoms with Crippen molar-refractivity contribution in [3.8, 4) is 0 Å². The van der Waals surface area contributed by atoms with Gasteiger partial charge < -0.3 is 14.7 Å². The molecule has 280 valence electrons. The first-order chi connectivity index (χ1) is 26.0. The Morgan fingerprint density at radius 3 is 2.26 bits per heavy atom. The van der Waals surface area contributed by atoms with Gasteiger partial charge in [0.25, 0.3) is 10.1 Å². The standard InChI is InChI=1S/C45H48N2O6S/c1-44(23-9-3-4-16-39(48)49)40-31-14-7-5-12-29(31)17-19-35(40)46-25-21-37-33(42(44)46)28-34-38(53-37)22-26-47-36-20-18-30-13-6-8-15-32(30)41(36)45(2,43(34)47)24-10-11-27-54(50,51)52/h5-8,12-15,17-20,28,37-38H,3-4,9-11,16,21-27H2,1-2H3,(H-,48,49,50,51,52)/p+1. The van der Waals surface area contributed by atoms with E-state index in [9.17, 15) is 22.9 Å². The molecular formula is C45H49N2O6S+. The van der Waals surface area contributed by atoms with Gasteiger partial charge in [0.2, 0.25) is 5.69 Å². The summed E-state index contributed by atoms with van der Waals surface area (Å²) < 4.78 is 42.8. The highest BCUT2D eigenvalue weighted by atomic mass is 32.2. The Morgan fingerprint density at radius 1 is 0.833 bits per heavy atom. The smallest absolute Gasteiger partial charge is 0.303 e. The quantitative estimate of drug-likeness (QED) is 0.0897. The van der Waals surface area contributed by atoms with E-state index in [-0.39, 0.29) is 29.8 Å². The van der Waals surface area contributed by atoms with Crippen molar-refractivity contribution in [2.45, 2.75) is 101 Å². The predicted molar refractivity (Wildman–Crippen MR) is 214 cm³/mol. The number of fused-ring (bicyclic) bond motifs is 12. The fourth-order valence-electron chi connectivity index (χ4n) is 10.9. The zero-order chi connectivity index (χ0) is 37.4. The van der Waals surface area contributed by atoms with Crippen LogP contribution in [0.3, 0.4) is 0 Å². The molecule has 0 aliphatic carbocycles. The van der Waals surface area contributed by atoms with E-state index in [0.717, 1.165) is 51.6 Å². The van der Waals surface area contributed by atoms with Gasteiger partial charge in [-0.25, -0.2) is 0 Å². The summed E-state index contributed by atoms with van der Waals surface area (Å²) in [4.78, 5) is 13.9. The molecule has 9 heteroatoms. The van der Waals surface area contributed by atoms with E-state index in [1.807, 2.05) is 0 Å². The normalized spacial score (nSPS) is 25.6. The largest absolute Gasteiger partial charge is 0.481 e. The van der Waals surface area contributed by atoms with Crippen LogP contribution in [0.1, 0.15) is 89.2 Å². The topological polar surface area (TPSA) is 107 Å². The fraction of sp³-hybridized carbons (Fsp3) is 0.422.